The smallest absolute Gasteiger partial charge is 0.230 e. The molecular weight excluding hydrogens is 236 g/mol. The number of carbonyl (C=O) groups is 1. The Morgan fingerprint density at radius 2 is 1.68 bits per heavy atom. The van der Waals surface area contributed by atoms with Crippen molar-refractivity contribution >= 4 is 11.6 Å². The van der Waals surface area contributed by atoms with Gasteiger partial charge in [0.25, 0.3) is 0 Å². The minimum Gasteiger partial charge on any atom is -0.325 e. The summed E-state index contributed by atoms with van der Waals surface area (Å²) in [6.45, 7) is 10.1. The molecule has 0 bridgehead atoms. The van der Waals surface area contributed by atoms with Crippen LogP contribution >= 0.6 is 0 Å². The summed E-state index contributed by atoms with van der Waals surface area (Å²) in [5.41, 5.74) is 4.26. The van der Waals surface area contributed by atoms with Gasteiger partial charge in [0, 0.05) is 11.1 Å². The standard InChI is InChI=1S/C16H24N2O/c1-11-9-12(2)14(13(3)10-11)18-15(19)16(4)5-7-17-8-6-16/h9-10,17H,5-8H2,1-4H3,(H,18,19). The first-order valence-electron chi connectivity index (χ1n) is 7.02. The zero-order chi connectivity index (χ0) is 14.0. The third kappa shape index (κ3) is 2.98. The summed E-state index contributed by atoms with van der Waals surface area (Å²) in [4.78, 5) is 12.5. The Bertz CT molecular complexity index is 465. The Hall–Kier alpha value is -1.35. The second-order valence-electron chi connectivity index (χ2n) is 6.04. The number of rotatable bonds is 2. The van der Waals surface area contributed by atoms with E-state index in [4.69, 9.17) is 0 Å². The van der Waals surface area contributed by atoms with Crippen LogP contribution in [0, 0.1) is 26.2 Å². The van der Waals surface area contributed by atoms with Crippen LogP contribution in [0.2, 0.25) is 0 Å². The van der Waals surface area contributed by atoms with Gasteiger partial charge >= 0.3 is 0 Å². The van der Waals surface area contributed by atoms with Crippen LogP contribution in [0.5, 0.6) is 0 Å². The van der Waals surface area contributed by atoms with Crippen LogP contribution in [-0.4, -0.2) is 19.0 Å². The number of piperidine rings is 1. The Morgan fingerprint density at radius 1 is 1.16 bits per heavy atom. The third-order valence-electron chi connectivity index (χ3n) is 4.17. The largest absolute Gasteiger partial charge is 0.325 e. The molecule has 1 fully saturated rings. The average Bonchev–Trinajstić information content (AvgIpc) is 2.34. The lowest BCUT2D eigenvalue weighted by molar-refractivity contribution is -0.126. The van der Waals surface area contributed by atoms with E-state index in [2.05, 4.69) is 50.5 Å². The fourth-order valence-electron chi connectivity index (χ4n) is 2.85. The lowest BCUT2D eigenvalue weighted by Crippen LogP contribution is -2.43. The fraction of sp³-hybridized carbons (Fsp3) is 0.562. The number of amides is 1. The van der Waals surface area contributed by atoms with Gasteiger partial charge in [0.1, 0.15) is 0 Å². The summed E-state index contributed by atoms with van der Waals surface area (Å²) in [7, 11) is 0. The molecule has 1 amide bonds. The van der Waals surface area contributed by atoms with E-state index in [1.165, 1.54) is 5.56 Å². The molecule has 19 heavy (non-hydrogen) atoms. The molecule has 1 aromatic rings. The van der Waals surface area contributed by atoms with Crippen molar-refractivity contribution in [2.24, 2.45) is 5.41 Å². The predicted octanol–water partition coefficient (Wildman–Crippen LogP) is 2.94. The third-order valence-corrected chi connectivity index (χ3v) is 4.17. The second kappa shape index (κ2) is 5.33. The van der Waals surface area contributed by atoms with Gasteiger partial charge in [-0.05, 0) is 57.8 Å². The van der Waals surface area contributed by atoms with Crippen LogP contribution in [-0.2, 0) is 4.79 Å². The number of benzene rings is 1. The van der Waals surface area contributed by atoms with Crippen molar-refractivity contribution in [2.75, 3.05) is 18.4 Å². The minimum absolute atomic E-state index is 0.157. The summed E-state index contributed by atoms with van der Waals surface area (Å²) in [6, 6.07) is 4.24. The van der Waals surface area contributed by atoms with Crippen molar-refractivity contribution in [2.45, 2.75) is 40.5 Å². The molecule has 0 spiro atoms. The lowest BCUT2D eigenvalue weighted by Gasteiger charge is -2.33. The van der Waals surface area contributed by atoms with Gasteiger partial charge in [-0.15, -0.1) is 0 Å². The first kappa shape index (κ1) is 14.1. The van der Waals surface area contributed by atoms with Crippen molar-refractivity contribution in [3.05, 3.63) is 28.8 Å². The van der Waals surface area contributed by atoms with Crippen molar-refractivity contribution in [1.82, 2.24) is 5.32 Å². The van der Waals surface area contributed by atoms with Crippen LogP contribution in [0.4, 0.5) is 5.69 Å². The molecule has 0 aromatic heterocycles. The highest BCUT2D eigenvalue weighted by atomic mass is 16.2. The lowest BCUT2D eigenvalue weighted by atomic mass is 9.80. The number of aryl methyl sites for hydroxylation is 3. The maximum absolute atomic E-state index is 12.5. The van der Waals surface area contributed by atoms with E-state index in [1.807, 2.05) is 0 Å². The normalized spacial score (nSPS) is 18.1. The summed E-state index contributed by atoms with van der Waals surface area (Å²) in [6.07, 6.45) is 1.81. The maximum Gasteiger partial charge on any atom is 0.230 e. The van der Waals surface area contributed by atoms with Crippen LogP contribution in [0.15, 0.2) is 12.1 Å². The predicted molar refractivity (Wildman–Crippen MR) is 79.5 cm³/mol. The van der Waals surface area contributed by atoms with Gasteiger partial charge in [-0.25, -0.2) is 0 Å². The van der Waals surface area contributed by atoms with Gasteiger partial charge in [0.2, 0.25) is 5.91 Å². The number of carbonyl (C=O) groups excluding carboxylic acids is 1. The van der Waals surface area contributed by atoms with E-state index >= 15 is 0 Å². The molecule has 1 aromatic carbocycles. The van der Waals surface area contributed by atoms with E-state index < -0.39 is 0 Å². The molecule has 3 heteroatoms. The van der Waals surface area contributed by atoms with Gasteiger partial charge in [-0.1, -0.05) is 24.6 Å². The molecule has 1 aliphatic heterocycles. The zero-order valence-corrected chi connectivity index (χ0v) is 12.4. The van der Waals surface area contributed by atoms with E-state index in [9.17, 15) is 4.79 Å². The van der Waals surface area contributed by atoms with Crippen molar-refractivity contribution in [3.63, 3.8) is 0 Å². The number of hydrogen-bond acceptors (Lipinski definition) is 2. The topological polar surface area (TPSA) is 41.1 Å². The number of hydrogen-bond donors (Lipinski definition) is 2. The first-order valence-corrected chi connectivity index (χ1v) is 7.02. The first-order chi connectivity index (χ1) is 8.92. The average molecular weight is 260 g/mol. The van der Waals surface area contributed by atoms with Gasteiger partial charge in [-0.3, -0.25) is 4.79 Å². The maximum atomic E-state index is 12.5. The minimum atomic E-state index is -0.241. The van der Waals surface area contributed by atoms with Crippen LogP contribution in [0.3, 0.4) is 0 Å². The summed E-state index contributed by atoms with van der Waals surface area (Å²) in [5, 5.41) is 6.46. The molecule has 0 atom stereocenters. The number of anilines is 1. The molecule has 2 N–H and O–H groups in total. The highest BCUT2D eigenvalue weighted by Gasteiger charge is 2.34. The fourth-order valence-corrected chi connectivity index (χ4v) is 2.85. The molecule has 0 unspecified atom stereocenters. The Balaban J connectivity index is 2.19. The molecular formula is C16H24N2O. The molecule has 1 aliphatic rings. The van der Waals surface area contributed by atoms with Crippen molar-refractivity contribution < 1.29 is 4.79 Å². The monoisotopic (exact) mass is 260 g/mol. The Kier molecular flexibility index (Phi) is 3.95. The highest BCUT2D eigenvalue weighted by molar-refractivity contribution is 5.96. The Morgan fingerprint density at radius 3 is 2.21 bits per heavy atom. The quantitative estimate of drug-likeness (QED) is 0.858. The molecule has 0 aliphatic carbocycles. The van der Waals surface area contributed by atoms with Gasteiger partial charge in [-0.2, -0.15) is 0 Å². The zero-order valence-electron chi connectivity index (χ0n) is 12.4. The second-order valence-corrected chi connectivity index (χ2v) is 6.04. The van der Waals surface area contributed by atoms with Gasteiger partial charge in [0.05, 0.1) is 0 Å². The van der Waals surface area contributed by atoms with E-state index in [0.29, 0.717) is 0 Å². The van der Waals surface area contributed by atoms with E-state index in [1.54, 1.807) is 0 Å². The Labute approximate surface area is 115 Å². The summed E-state index contributed by atoms with van der Waals surface area (Å²) in [5.74, 6) is 0.157. The molecule has 1 heterocycles. The van der Waals surface area contributed by atoms with Gasteiger partial charge < -0.3 is 10.6 Å². The number of nitrogens with one attached hydrogen (secondary N) is 2. The summed E-state index contributed by atoms with van der Waals surface area (Å²) < 4.78 is 0. The molecule has 104 valence electrons. The van der Waals surface area contributed by atoms with Crippen LogP contribution < -0.4 is 10.6 Å². The van der Waals surface area contributed by atoms with Crippen LogP contribution in [0.25, 0.3) is 0 Å². The summed E-state index contributed by atoms with van der Waals surface area (Å²) >= 11 is 0. The van der Waals surface area contributed by atoms with Crippen molar-refractivity contribution in [3.8, 4) is 0 Å². The van der Waals surface area contributed by atoms with Crippen LogP contribution in [0.1, 0.15) is 36.5 Å². The van der Waals surface area contributed by atoms with Gasteiger partial charge in [0.15, 0.2) is 0 Å². The molecule has 0 saturated carbocycles. The molecule has 1 saturated heterocycles. The SMILES string of the molecule is Cc1cc(C)c(NC(=O)C2(C)CCNCC2)c(C)c1. The van der Waals surface area contributed by atoms with E-state index in [-0.39, 0.29) is 11.3 Å². The van der Waals surface area contributed by atoms with E-state index in [0.717, 1.165) is 42.7 Å². The highest BCUT2D eigenvalue weighted by Crippen LogP contribution is 2.31. The molecule has 2 rings (SSSR count). The van der Waals surface area contributed by atoms with Crippen molar-refractivity contribution in [1.29, 1.82) is 0 Å². The molecule has 0 radical (unpaired) electrons. The molecule has 3 nitrogen and oxygen atoms in total.